The summed E-state index contributed by atoms with van der Waals surface area (Å²) in [4.78, 5) is 17.0. The number of hydrogen-bond acceptors (Lipinski definition) is 3. The zero-order valence-electron chi connectivity index (χ0n) is 16.3. The predicted octanol–water partition coefficient (Wildman–Crippen LogP) is 3.72. The fraction of sp³-hybridized carbons (Fsp3) is 0.409. The number of amides is 2. The molecular formula is C22H30N4O. The van der Waals surface area contributed by atoms with E-state index >= 15 is 0 Å². The Morgan fingerprint density at radius 1 is 1.04 bits per heavy atom. The van der Waals surface area contributed by atoms with Gasteiger partial charge in [0.1, 0.15) is 0 Å². The van der Waals surface area contributed by atoms with Crippen LogP contribution in [0.4, 0.5) is 16.2 Å². The van der Waals surface area contributed by atoms with Crippen LogP contribution in [-0.4, -0.2) is 49.7 Å². The van der Waals surface area contributed by atoms with Crippen molar-refractivity contribution in [3.63, 3.8) is 0 Å². The average Bonchev–Trinajstić information content (AvgIpc) is 2.67. The molecule has 2 aromatic carbocycles. The van der Waals surface area contributed by atoms with Gasteiger partial charge in [-0.05, 0) is 50.1 Å². The second-order valence-corrected chi connectivity index (χ2v) is 7.32. The Morgan fingerprint density at radius 2 is 1.78 bits per heavy atom. The van der Waals surface area contributed by atoms with Crippen LogP contribution in [0.25, 0.3) is 0 Å². The standard InChI is InChI=1S/C22H30N4O/c1-18-7-6-10-21(17-18)26-15-13-25(14-16-26)12-11-19(2)23-22(27)24-20-8-4-3-5-9-20/h3-10,17,19H,11-16H2,1-2H3,(H2,23,24,27)/t19-/m0/s1. The Bertz CT molecular complexity index is 726. The van der Waals surface area contributed by atoms with Gasteiger partial charge < -0.3 is 15.5 Å². The van der Waals surface area contributed by atoms with E-state index in [2.05, 4.69) is 58.5 Å². The number of carbonyl (C=O) groups excluding carboxylic acids is 1. The monoisotopic (exact) mass is 366 g/mol. The van der Waals surface area contributed by atoms with Gasteiger partial charge in [0.2, 0.25) is 0 Å². The van der Waals surface area contributed by atoms with Gasteiger partial charge in [-0.25, -0.2) is 4.79 Å². The summed E-state index contributed by atoms with van der Waals surface area (Å²) >= 11 is 0. The molecule has 2 N–H and O–H groups in total. The minimum Gasteiger partial charge on any atom is -0.369 e. The molecule has 1 heterocycles. The third-order valence-corrected chi connectivity index (χ3v) is 5.03. The van der Waals surface area contributed by atoms with Crippen LogP contribution in [0, 0.1) is 6.92 Å². The first-order valence-electron chi connectivity index (χ1n) is 9.77. The van der Waals surface area contributed by atoms with Crippen LogP contribution in [0.5, 0.6) is 0 Å². The van der Waals surface area contributed by atoms with E-state index in [-0.39, 0.29) is 12.1 Å². The van der Waals surface area contributed by atoms with Crippen LogP contribution < -0.4 is 15.5 Å². The Labute approximate surface area is 162 Å². The number of nitrogens with one attached hydrogen (secondary N) is 2. The quantitative estimate of drug-likeness (QED) is 0.819. The van der Waals surface area contributed by atoms with Crippen molar-refractivity contribution >= 4 is 17.4 Å². The minimum absolute atomic E-state index is 0.141. The van der Waals surface area contributed by atoms with Gasteiger partial charge >= 0.3 is 6.03 Å². The van der Waals surface area contributed by atoms with Gasteiger partial charge in [-0.15, -0.1) is 0 Å². The predicted molar refractivity (Wildman–Crippen MR) is 113 cm³/mol. The third kappa shape index (κ3) is 6.00. The highest BCUT2D eigenvalue weighted by Crippen LogP contribution is 2.18. The summed E-state index contributed by atoms with van der Waals surface area (Å²) < 4.78 is 0. The van der Waals surface area contributed by atoms with Crippen LogP contribution >= 0.6 is 0 Å². The molecule has 0 saturated carbocycles. The molecule has 1 fully saturated rings. The van der Waals surface area contributed by atoms with Gasteiger partial charge in [0.05, 0.1) is 0 Å². The lowest BCUT2D eigenvalue weighted by molar-refractivity contribution is 0.235. The second kappa shape index (κ2) is 9.42. The number of carbonyl (C=O) groups is 1. The fourth-order valence-corrected chi connectivity index (χ4v) is 3.42. The van der Waals surface area contributed by atoms with Gasteiger partial charge in [-0.1, -0.05) is 30.3 Å². The number of aryl methyl sites for hydroxylation is 1. The molecule has 5 heteroatoms. The molecule has 1 atom stereocenters. The van der Waals surface area contributed by atoms with E-state index in [9.17, 15) is 4.79 Å². The normalized spacial score (nSPS) is 16.0. The molecular weight excluding hydrogens is 336 g/mol. The molecule has 0 spiro atoms. The molecule has 27 heavy (non-hydrogen) atoms. The lowest BCUT2D eigenvalue weighted by atomic mass is 10.1. The van der Waals surface area contributed by atoms with E-state index in [0.29, 0.717) is 0 Å². The molecule has 1 aliphatic rings. The van der Waals surface area contributed by atoms with Crippen molar-refractivity contribution in [3.8, 4) is 0 Å². The smallest absolute Gasteiger partial charge is 0.319 e. The molecule has 3 rings (SSSR count). The highest BCUT2D eigenvalue weighted by Gasteiger charge is 2.18. The molecule has 144 valence electrons. The molecule has 5 nitrogen and oxygen atoms in total. The molecule has 2 amide bonds. The average molecular weight is 367 g/mol. The van der Waals surface area contributed by atoms with E-state index in [1.54, 1.807) is 0 Å². The maximum absolute atomic E-state index is 12.1. The number of para-hydroxylation sites is 1. The van der Waals surface area contributed by atoms with Crippen molar-refractivity contribution in [2.45, 2.75) is 26.3 Å². The highest BCUT2D eigenvalue weighted by atomic mass is 16.2. The summed E-state index contributed by atoms with van der Waals surface area (Å²) in [6.45, 7) is 9.46. The fourth-order valence-electron chi connectivity index (χ4n) is 3.42. The molecule has 0 radical (unpaired) electrons. The minimum atomic E-state index is -0.141. The number of urea groups is 1. The molecule has 0 aromatic heterocycles. The Hall–Kier alpha value is -2.53. The Balaban J connectivity index is 1.36. The molecule has 1 aliphatic heterocycles. The van der Waals surface area contributed by atoms with Crippen LogP contribution in [-0.2, 0) is 0 Å². The van der Waals surface area contributed by atoms with E-state index in [0.717, 1.165) is 44.8 Å². The lowest BCUT2D eigenvalue weighted by Gasteiger charge is -2.36. The molecule has 2 aromatic rings. The van der Waals surface area contributed by atoms with E-state index in [1.807, 2.05) is 30.3 Å². The molecule has 0 unspecified atom stereocenters. The van der Waals surface area contributed by atoms with Crippen molar-refractivity contribution in [1.29, 1.82) is 0 Å². The van der Waals surface area contributed by atoms with Gasteiger partial charge in [0.25, 0.3) is 0 Å². The van der Waals surface area contributed by atoms with Crippen molar-refractivity contribution < 1.29 is 4.79 Å². The maximum atomic E-state index is 12.1. The van der Waals surface area contributed by atoms with Crippen LogP contribution in [0.15, 0.2) is 54.6 Å². The van der Waals surface area contributed by atoms with E-state index in [1.165, 1.54) is 11.3 Å². The number of anilines is 2. The van der Waals surface area contributed by atoms with Gasteiger partial charge in [0.15, 0.2) is 0 Å². The second-order valence-electron chi connectivity index (χ2n) is 7.32. The largest absolute Gasteiger partial charge is 0.369 e. The van der Waals surface area contributed by atoms with E-state index in [4.69, 9.17) is 0 Å². The summed E-state index contributed by atoms with van der Waals surface area (Å²) in [5.74, 6) is 0. The summed E-state index contributed by atoms with van der Waals surface area (Å²) in [6.07, 6.45) is 0.951. The summed E-state index contributed by atoms with van der Waals surface area (Å²) in [6, 6.07) is 18.3. The lowest BCUT2D eigenvalue weighted by Crippen LogP contribution is -2.47. The number of nitrogens with zero attached hydrogens (tertiary/aromatic N) is 2. The Kier molecular flexibility index (Phi) is 6.71. The zero-order chi connectivity index (χ0) is 19.1. The van der Waals surface area contributed by atoms with Crippen molar-refractivity contribution in [2.24, 2.45) is 0 Å². The van der Waals surface area contributed by atoms with Crippen molar-refractivity contribution in [2.75, 3.05) is 42.9 Å². The van der Waals surface area contributed by atoms with Crippen LogP contribution in [0.1, 0.15) is 18.9 Å². The summed E-state index contributed by atoms with van der Waals surface area (Å²) in [5, 5.41) is 5.89. The van der Waals surface area contributed by atoms with Crippen molar-refractivity contribution in [1.82, 2.24) is 10.2 Å². The topological polar surface area (TPSA) is 47.6 Å². The van der Waals surface area contributed by atoms with Crippen LogP contribution in [0.3, 0.4) is 0 Å². The number of hydrogen-bond donors (Lipinski definition) is 2. The summed E-state index contributed by atoms with van der Waals surface area (Å²) in [5.41, 5.74) is 3.44. The number of benzene rings is 2. The zero-order valence-corrected chi connectivity index (χ0v) is 16.3. The van der Waals surface area contributed by atoms with E-state index < -0.39 is 0 Å². The first-order chi connectivity index (χ1) is 13.1. The molecule has 1 saturated heterocycles. The SMILES string of the molecule is Cc1cccc(N2CCN(CC[C@H](C)NC(=O)Nc3ccccc3)CC2)c1. The molecule has 0 aliphatic carbocycles. The number of piperazine rings is 1. The number of rotatable bonds is 6. The van der Waals surface area contributed by atoms with Crippen LogP contribution in [0.2, 0.25) is 0 Å². The highest BCUT2D eigenvalue weighted by molar-refractivity contribution is 5.89. The maximum Gasteiger partial charge on any atom is 0.319 e. The van der Waals surface area contributed by atoms with Gasteiger partial charge in [-0.2, -0.15) is 0 Å². The van der Waals surface area contributed by atoms with Gasteiger partial charge in [0, 0.05) is 50.1 Å². The third-order valence-electron chi connectivity index (χ3n) is 5.03. The molecule has 0 bridgehead atoms. The first-order valence-corrected chi connectivity index (χ1v) is 9.77. The Morgan fingerprint density at radius 3 is 2.48 bits per heavy atom. The first kappa shape index (κ1) is 19.2. The van der Waals surface area contributed by atoms with Crippen molar-refractivity contribution in [3.05, 3.63) is 60.2 Å². The summed E-state index contributed by atoms with van der Waals surface area (Å²) in [7, 11) is 0. The van der Waals surface area contributed by atoms with Gasteiger partial charge in [-0.3, -0.25) is 4.90 Å².